The minimum atomic E-state index is -1.42. The number of benzene rings is 2. The van der Waals surface area contributed by atoms with E-state index in [2.05, 4.69) is 14.8 Å². The summed E-state index contributed by atoms with van der Waals surface area (Å²) in [5, 5.41) is 4.07. The van der Waals surface area contributed by atoms with E-state index in [-0.39, 0.29) is 0 Å². The van der Waals surface area contributed by atoms with E-state index in [1.807, 2.05) is 18.2 Å². The predicted molar refractivity (Wildman–Crippen MR) is 101 cm³/mol. The Morgan fingerprint density at radius 3 is 2.07 bits per heavy atom. The maximum atomic E-state index is 12.8. The molecule has 3 N–H and O–H groups in total. The van der Waals surface area contributed by atoms with Crippen molar-refractivity contribution in [2.45, 2.75) is 13.0 Å². The van der Waals surface area contributed by atoms with Gasteiger partial charge in [-0.25, -0.2) is 0 Å². The number of hydrogen-bond acceptors (Lipinski definition) is 6. The molecule has 0 aliphatic heterocycles. The molecule has 0 unspecified atom stereocenters. The number of esters is 2. The van der Waals surface area contributed by atoms with E-state index in [1.165, 1.54) is 6.92 Å². The molecular weight excluding hydrogens is 364 g/mol. The van der Waals surface area contributed by atoms with Crippen LogP contribution in [0.4, 0.5) is 0 Å². The molecule has 0 aromatic heterocycles. The van der Waals surface area contributed by atoms with Crippen LogP contribution in [0.1, 0.15) is 17.3 Å². The topological polar surface area (TPSA) is 125 Å². The van der Waals surface area contributed by atoms with Crippen molar-refractivity contribution in [3.63, 3.8) is 0 Å². The second-order valence-electron chi connectivity index (χ2n) is 6.26. The minimum absolute atomic E-state index is 0.337. The van der Waals surface area contributed by atoms with Crippen LogP contribution < -0.4 is 11.1 Å². The molecule has 0 fully saturated rings. The highest BCUT2D eigenvalue weighted by Crippen LogP contribution is 2.22. The maximum absolute atomic E-state index is 12.8. The highest BCUT2D eigenvalue weighted by atomic mass is 16.5. The lowest BCUT2D eigenvalue weighted by Gasteiger charge is -2.26. The van der Waals surface area contributed by atoms with Crippen molar-refractivity contribution in [3.05, 3.63) is 48.0 Å². The Labute approximate surface area is 162 Å². The van der Waals surface area contributed by atoms with Crippen molar-refractivity contribution in [2.75, 3.05) is 14.2 Å². The molecule has 0 spiro atoms. The third-order valence-corrected chi connectivity index (χ3v) is 4.59. The molecule has 2 aromatic rings. The standard InChI is InChI=1S/C20H22N2O6/c1-11(15(19(25)27-2)20(26)28-3)16(17(21)23)22-18(24)14-10-6-8-12-7-4-5-9-13(12)14/h4-11,15-16H,1-3H3,(H2,21,23)(H,22,24)/t11-,16-/m1/s1. The zero-order valence-electron chi connectivity index (χ0n) is 15.8. The lowest BCUT2D eigenvalue weighted by Crippen LogP contribution is -2.52. The van der Waals surface area contributed by atoms with Gasteiger partial charge in [-0.15, -0.1) is 0 Å². The van der Waals surface area contributed by atoms with Crippen LogP contribution in [0.5, 0.6) is 0 Å². The van der Waals surface area contributed by atoms with Crippen molar-refractivity contribution >= 4 is 34.5 Å². The number of nitrogens with two attached hydrogens (primary N) is 1. The predicted octanol–water partition coefficient (Wildman–Crippen LogP) is 1.02. The molecule has 2 rings (SSSR count). The fraction of sp³-hybridized carbons (Fsp3) is 0.300. The van der Waals surface area contributed by atoms with Crippen LogP contribution in [-0.4, -0.2) is 44.0 Å². The summed E-state index contributed by atoms with van der Waals surface area (Å²) in [6.07, 6.45) is 0. The Kier molecular flexibility index (Phi) is 6.70. The molecule has 0 bridgehead atoms. The normalized spacial score (nSPS) is 12.9. The Morgan fingerprint density at radius 1 is 0.929 bits per heavy atom. The first kappa shape index (κ1) is 20.9. The molecule has 0 aliphatic carbocycles. The van der Waals surface area contributed by atoms with Gasteiger partial charge in [0.2, 0.25) is 5.91 Å². The zero-order chi connectivity index (χ0) is 20.8. The molecule has 0 aliphatic rings. The molecule has 0 heterocycles. The molecule has 28 heavy (non-hydrogen) atoms. The van der Waals surface area contributed by atoms with Crippen LogP contribution in [-0.2, 0) is 23.9 Å². The average molecular weight is 386 g/mol. The van der Waals surface area contributed by atoms with Crippen LogP contribution in [0.2, 0.25) is 0 Å². The fourth-order valence-electron chi connectivity index (χ4n) is 3.08. The third-order valence-electron chi connectivity index (χ3n) is 4.59. The van der Waals surface area contributed by atoms with E-state index in [0.29, 0.717) is 10.9 Å². The number of carbonyl (C=O) groups is 4. The van der Waals surface area contributed by atoms with Crippen LogP contribution >= 0.6 is 0 Å². The second-order valence-corrected chi connectivity index (χ2v) is 6.26. The number of fused-ring (bicyclic) bond motifs is 1. The first-order valence-electron chi connectivity index (χ1n) is 8.55. The third kappa shape index (κ3) is 4.28. The van der Waals surface area contributed by atoms with Crippen LogP contribution in [0, 0.1) is 11.8 Å². The lowest BCUT2D eigenvalue weighted by molar-refractivity contribution is -0.161. The van der Waals surface area contributed by atoms with Crippen LogP contribution in [0.15, 0.2) is 42.5 Å². The summed E-state index contributed by atoms with van der Waals surface area (Å²) in [5.74, 6) is -5.62. The van der Waals surface area contributed by atoms with Gasteiger partial charge >= 0.3 is 11.9 Å². The highest BCUT2D eigenvalue weighted by molar-refractivity contribution is 6.08. The van der Waals surface area contributed by atoms with Gasteiger partial charge in [0.1, 0.15) is 6.04 Å². The Morgan fingerprint density at radius 2 is 1.50 bits per heavy atom. The number of hydrogen-bond donors (Lipinski definition) is 2. The minimum Gasteiger partial charge on any atom is -0.468 e. The number of methoxy groups -OCH3 is 2. The van der Waals surface area contributed by atoms with Crippen molar-refractivity contribution in [1.29, 1.82) is 0 Å². The number of nitrogens with one attached hydrogen (secondary N) is 1. The van der Waals surface area contributed by atoms with Crippen LogP contribution in [0.3, 0.4) is 0 Å². The summed E-state index contributed by atoms with van der Waals surface area (Å²) in [7, 11) is 2.22. The fourth-order valence-corrected chi connectivity index (χ4v) is 3.08. The van der Waals surface area contributed by atoms with Gasteiger partial charge in [0.25, 0.3) is 5.91 Å². The molecular formula is C20H22N2O6. The Bertz CT molecular complexity index is 889. The highest BCUT2D eigenvalue weighted by Gasteiger charge is 2.41. The average Bonchev–Trinajstić information content (AvgIpc) is 2.70. The number of carbonyl (C=O) groups excluding carboxylic acids is 4. The van der Waals surface area contributed by atoms with Crippen LogP contribution in [0.25, 0.3) is 10.8 Å². The van der Waals surface area contributed by atoms with E-state index in [4.69, 9.17) is 5.73 Å². The lowest BCUT2D eigenvalue weighted by atomic mass is 9.86. The van der Waals surface area contributed by atoms with E-state index < -0.39 is 41.6 Å². The van der Waals surface area contributed by atoms with Gasteiger partial charge in [-0.2, -0.15) is 0 Å². The van der Waals surface area contributed by atoms with Crippen molar-refractivity contribution in [2.24, 2.45) is 17.6 Å². The van der Waals surface area contributed by atoms with Gasteiger partial charge in [-0.1, -0.05) is 43.3 Å². The smallest absolute Gasteiger partial charge is 0.320 e. The van der Waals surface area contributed by atoms with Gasteiger partial charge in [0.05, 0.1) is 14.2 Å². The summed E-state index contributed by atoms with van der Waals surface area (Å²) in [6, 6.07) is 11.1. The summed E-state index contributed by atoms with van der Waals surface area (Å²) in [4.78, 5) is 48.9. The summed E-state index contributed by atoms with van der Waals surface area (Å²) in [5.41, 5.74) is 5.78. The molecule has 0 radical (unpaired) electrons. The van der Waals surface area contributed by atoms with Gasteiger partial charge in [-0.3, -0.25) is 19.2 Å². The molecule has 2 amide bonds. The van der Waals surface area contributed by atoms with E-state index >= 15 is 0 Å². The summed E-state index contributed by atoms with van der Waals surface area (Å²) < 4.78 is 9.26. The Hall–Kier alpha value is -3.42. The van der Waals surface area contributed by atoms with Gasteiger partial charge in [0.15, 0.2) is 5.92 Å². The molecule has 2 atom stereocenters. The number of rotatable bonds is 7. The van der Waals surface area contributed by atoms with Crippen molar-refractivity contribution < 1.29 is 28.7 Å². The van der Waals surface area contributed by atoms with Gasteiger partial charge in [0, 0.05) is 11.5 Å². The number of primary amides is 1. The molecule has 2 aromatic carbocycles. The zero-order valence-corrected chi connectivity index (χ0v) is 15.8. The van der Waals surface area contributed by atoms with Crippen molar-refractivity contribution in [1.82, 2.24) is 5.32 Å². The first-order valence-corrected chi connectivity index (χ1v) is 8.55. The monoisotopic (exact) mass is 386 g/mol. The number of ether oxygens (including phenoxy) is 2. The molecule has 0 saturated carbocycles. The SMILES string of the molecule is COC(=O)C(C(=O)OC)[C@@H](C)[C@@H](NC(=O)c1cccc2ccccc12)C(N)=O. The van der Waals surface area contributed by atoms with Crippen molar-refractivity contribution in [3.8, 4) is 0 Å². The summed E-state index contributed by atoms with van der Waals surface area (Å²) in [6.45, 7) is 1.44. The molecule has 8 heteroatoms. The maximum Gasteiger partial charge on any atom is 0.320 e. The van der Waals surface area contributed by atoms with E-state index in [9.17, 15) is 19.2 Å². The van der Waals surface area contributed by atoms with E-state index in [1.54, 1.807) is 24.3 Å². The molecule has 8 nitrogen and oxygen atoms in total. The first-order chi connectivity index (χ1) is 13.3. The largest absolute Gasteiger partial charge is 0.468 e. The van der Waals surface area contributed by atoms with E-state index in [0.717, 1.165) is 19.6 Å². The van der Waals surface area contributed by atoms with Gasteiger partial charge in [-0.05, 0) is 16.8 Å². The quantitative estimate of drug-likeness (QED) is 0.541. The molecule has 148 valence electrons. The Balaban J connectivity index is 2.35. The van der Waals surface area contributed by atoms with Gasteiger partial charge < -0.3 is 20.5 Å². The number of amides is 2. The second kappa shape index (κ2) is 8.98. The summed E-state index contributed by atoms with van der Waals surface area (Å²) >= 11 is 0. The molecule has 0 saturated heterocycles.